The molecule has 0 aliphatic carbocycles. The number of carbonyl (C=O) groups is 2. The molecule has 1 aromatic heterocycles. The van der Waals surface area contributed by atoms with Crippen LogP contribution < -0.4 is 15.4 Å². The van der Waals surface area contributed by atoms with Crippen LogP contribution in [0.15, 0.2) is 60.0 Å². The zero-order valence-electron chi connectivity index (χ0n) is 17.5. The summed E-state index contributed by atoms with van der Waals surface area (Å²) in [7, 11) is 5.54. The number of methoxy groups -OCH3 is 1. The van der Waals surface area contributed by atoms with Crippen LogP contribution >= 0.6 is 22.9 Å². The van der Waals surface area contributed by atoms with Crippen LogP contribution in [0.1, 0.15) is 31.6 Å². The van der Waals surface area contributed by atoms with E-state index in [1.165, 1.54) is 11.3 Å². The quantitative estimate of drug-likeness (QED) is 0.514. The topological polar surface area (TPSA) is 70.7 Å². The van der Waals surface area contributed by atoms with E-state index in [1.54, 1.807) is 37.4 Å². The Morgan fingerprint density at radius 1 is 1.10 bits per heavy atom. The number of ether oxygens (including phenoxy) is 1. The minimum atomic E-state index is -0.264. The molecule has 1 unspecified atom stereocenters. The summed E-state index contributed by atoms with van der Waals surface area (Å²) in [4.78, 5) is 27.7. The highest BCUT2D eigenvalue weighted by atomic mass is 35.5. The molecule has 1 heterocycles. The third-order valence-electron chi connectivity index (χ3n) is 4.78. The van der Waals surface area contributed by atoms with Gasteiger partial charge in [-0.2, -0.15) is 0 Å². The second kappa shape index (κ2) is 10.4. The number of hydrogen-bond donors (Lipinski definition) is 2. The largest absolute Gasteiger partial charge is 0.497 e. The number of thiophene rings is 1. The molecule has 0 fully saturated rings. The first-order chi connectivity index (χ1) is 14.9. The fourth-order valence-corrected chi connectivity index (χ4v) is 3.88. The van der Waals surface area contributed by atoms with Gasteiger partial charge in [0.05, 0.1) is 28.7 Å². The second-order valence-electron chi connectivity index (χ2n) is 7.09. The lowest BCUT2D eigenvalue weighted by Crippen LogP contribution is -2.34. The maximum Gasteiger partial charge on any atom is 0.265 e. The molecular formula is C23H24ClN3O3S. The fourth-order valence-electron chi connectivity index (χ4n) is 3.09. The molecule has 2 aromatic carbocycles. The van der Waals surface area contributed by atoms with Gasteiger partial charge in [0.2, 0.25) is 0 Å². The number of carbonyl (C=O) groups excluding carboxylic acids is 2. The average molecular weight is 458 g/mol. The molecule has 3 aromatic rings. The number of likely N-dealkylation sites (N-methyl/N-ethyl adjacent to an activating group) is 1. The molecule has 0 aliphatic heterocycles. The Balaban J connectivity index is 1.71. The number of rotatable bonds is 8. The van der Waals surface area contributed by atoms with Crippen molar-refractivity contribution in [1.29, 1.82) is 0 Å². The van der Waals surface area contributed by atoms with Crippen LogP contribution in [0, 0.1) is 0 Å². The van der Waals surface area contributed by atoms with Crippen molar-refractivity contribution in [2.75, 3.05) is 33.1 Å². The van der Waals surface area contributed by atoms with Crippen LogP contribution in [0.5, 0.6) is 5.75 Å². The lowest BCUT2D eigenvalue weighted by Gasteiger charge is -2.25. The van der Waals surface area contributed by atoms with Gasteiger partial charge >= 0.3 is 0 Å². The van der Waals surface area contributed by atoms with Gasteiger partial charge in [-0.25, -0.2) is 0 Å². The Hall–Kier alpha value is -2.87. The summed E-state index contributed by atoms with van der Waals surface area (Å²) in [5.74, 6) is 0.248. The SMILES string of the molecule is COc1cccc(C(CNC(=O)c2ccc(Cl)c(NC(=O)c3cccs3)c2)N(C)C)c1. The van der Waals surface area contributed by atoms with E-state index in [0.29, 0.717) is 27.7 Å². The number of halogens is 1. The summed E-state index contributed by atoms with van der Waals surface area (Å²) in [6, 6.07) is 16.1. The van der Waals surface area contributed by atoms with E-state index in [-0.39, 0.29) is 17.9 Å². The Kier molecular flexibility index (Phi) is 7.68. The summed E-state index contributed by atoms with van der Waals surface area (Å²) < 4.78 is 5.31. The standard InChI is InChI=1S/C23H24ClN3O3S/c1-27(2)20(15-6-4-7-17(12-15)30-3)14-25-22(28)16-9-10-18(24)19(13-16)26-23(29)21-8-5-11-31-21/h4-13,20H,14H2,1-3H3,(H,25,28)(H,26,29). The van der Waals surface area contributed by atoms with Gasteiger partial charge in [-0.3, -0.25) is 9.59 Å². The Labute approximate surface area is 190 Å². The van der Waals surface area contributed by atoms with Crippen molar-refractivity contribution in [2.24, 2.45) is 0 Å². The van der Waals surface area contributed by atoms with Crippen molar-refractivity contribution in [3.8, 4) is 5.75 Å². The Morgan fingerprint density at radius 3 is 2.58 bits per heavy atom. The van der Waals surface area contributed by atoms with E-state index in [4.69, 9.17) is 16.3 Å². The first-order valence-electron chi connectivity index (χ1n) is 9.62. The lowest BCUT2D eigenvalue weighted by atomic mass is 10.1. The van der Waals surface area contributed by atoms with Gasteiger partial charge in [0.15, 0.2) is 0 Å². The van der Waals surface area contributed by atoms with Gasteiger partial charge in [-0.1, -0.05) is 29.8 Å². The van der Waals surface area contributed by atoms with Crippen LogP contribution in [0.4, 0.5) is 5.69 Å². The summed E-state index contributed by atoms with van der Waals surface area (Å²) in [5.41, 5.74) is 1.84. The van der Waals surface area contributed by atoms with Gasteiger partial charge in [-0.05, 0) is 61.4 Å². The van der Waals surface area contributed by atoms with E-state index < -0.39 is 0 Å². The molecule has 162 valence electrons. The minimum absolute atomic E-state index is 0.0376. The van der Waals surface area contributed by atoms with E-state index in [9.17, 15) is 9.59 Å². The highest BCUT2D eigenvalue weighted by molar-refractivity contribution is 7.12. The van der Waals surface area contributed by atoms with Crippen molar-refractivity contribution in [3.05, 3.63) is 81.0 Å². The molecule has 31 heavy (non-hydrogen) atoms. The maximum atomic E-state index is 12.8. The van der Waals surface area contributed by atoms with Crippen molar-refractivity contribution in [1.82, 2.24) is 10.2 Å². The van der Waals surface area contributed by atoms with Gasteiger partial charge in [0.25, 0.3) is 11.8 Å². The van der Waals surface area contributed by atoms with Crippen molar-refractivity contribution in [3.63, 3.8) is 0 Å². The number of hydrogen-bond acceptors (Lipinski definition) is 5. The Bertz CT molecular complexity index is 1050. The molecule has 0 saturated carbocycles. The third kappa shape index (κ3) is 5.85. The van der Waals surface area contributed by atoms with Crippen LogP contribution in [-0.4, -0.2) is 44.5 Å². The van der Waals surface area contributed by atoms with E-state index >= 15 is 0 Å². The zero-order valence-corrected chi connectivity index (χ0v) is 19.1. The van der Waals surface area contributed by atoms with E-state index in [2.05, 4.69) is 10.6 Å². The first-order valence-corrected chi connectivity index (χ1v) is 10.9. The van der Waals surface area contributed by atoms with E-state index in [0.717, 1.165) is 11.3 Å². The van der Waals surface area contributed by atoms with Gasteiger partial charge < -0.3 is 20.3 Å². The molecule has 3 rings (SSSR count). The predicted octanol–water partition coefficient (Wildman–Crippen LogP) is 4.70. The molecule has 0 bridgehead atoms. The molecule has 6 nitrogen and oxygen atoms in total. The molecule has 0 spiro atoms. The predicted molar refractivity (Wildman–Crippen MR) is 125 cm³/mol. The monoisotopic (exact) mass is 457 g/mol. The fraction of sp³-hybridized carbons (Fsp3) is 0.217. The van der Waals surface area contributed by atoms with Gasteiger partial charge in [0.1, 0.15) is 5.75 Å². The van der Waals surface area contributed by atoms with Crippen molar-refractivity contribution in [2.45, 2.75) is 6.04 Å². The lowest BCUT2D eigenvalue weighted by molar-refractivity contribution is 0.0940. The molecule has 2 amide bonds. The molecular weight excluding hydrogens is 434 g/mol. The number of anilines is 1. The van der Waals surface area contributed by atoms with E-state index in [1.807, 2.05) is 48.6 Å². The van der Waals surface area contributed by atoms with Crippen molar-refractivity contribution >= 4 is 40.4 Å². The molecule has 1 atom stereocenters. The first kappa shape index (κ1) is 22.8. The summed E-state index contributed by atoms with van der Waals surface area (Å²) >= 11 is 7.56. The van der Waals surface area contributed by atoms with Crippen molar-refractivity contribution < 1.29 is 14.3 Å². The summed E-state index contributed by atoms with van der Waals surface area (Å²) in [6.07, 6.45) is 0. The van der Waals surface area contributed by atoms with Crippen LogP contribution in [0.2, 0.25) is 5.02 Å². The number of nitrogens with zero attached hydrogens (tertiary/aromatic N) is 1. The minimum Gasteiger partial charge on any atom is -0.497 e. The molecule has 0 radical (unpaired) electrons. The summed E-state index contributed by atoms with van der Waals surface area (Å²) in [6.45, 7) is 0.401. The molecule has 0 aliphatic rings. The average Bonchev–Trinajstić information content (AvgIpc) is 3.30. The highest BCUT2D eigenvalue weighted by Crippen LogP contribution is 2.25. The number of nitrogens with one attached hydrogen (secondary N) is 2. The Morgan fingerprint density at radius 2 is 1.90 bits per heavy atom. The molecule has 8 heteroatoms. The smallest absolute Gasteiger partial charge is 0.265 e. The third-order valence-corrected chi connectivity index (χ3v) is 5.98. The zero-order chi connectivity index (χ0) is 22.4. The highest BCUT2D eigenvalue weighted by Gasteiger charge is 2.18. The van der Waals surface area contributed by atoms with Crippen LogP contribution in [0.25, 0.3) is 0 Å². The van der Waals surface area contributed by atoms with Gasteiger partial charge in [0, 0.05) is 12.1 Å². The second-order valence-corrected chi connectivity index (χ2v) is 8.45. The molecule has 0 saturated heterocycles. The van der Waals surface area contributed by atoms with Crippen LogP contribution in [-0.2, 0) is 0 Å². The normalized spacial score (nSPS) is 11.8. The maximum absolute atomic E-state index is 12.8. The number of benzene rings is 2. The summed E-state index contributed by atoms with van der Waals surface area (Å²) in [5, 5.41) is 7.92. The van der Waals surface area contributed by atoms with Gasteiger partial charge in [-0.15, -0.1) is 11.3 Å². The molecule has 2 N–H and O–H groups in total. The number of amides is 2. The van der Waals surface area contributed by atoms with Crippen LogP contribution in [0.3, 0.4) is 0 Å².